The molecule has 0 amide bonds. The van der Waals surface area contributed by atoms with E-state index in [4.69, 9.17) is 11.6 Å². The summed E-state index contributed by atoms with van der Waals surface area (Å²) in [7, 11) is 0. The number of hydrogen-bond donors (Lipinski definition) is 0. The molecular weight excluding hydrogens is 267 g/mol. The number of aldehydes is 1. The fraction of sp³-hybridized carbons (Fsp3) is 0.200. The molecular formula is C10H8BrClO2. The lowest BCUT2D eigenvalue weighted by Gasteiger charge is -2.06. The van der Waals surface area contributed by atoms with Crippen molar-refractivity contribution in [3.8, 4) is 0 Å². The number of Topliss-reactive ketones (excluding diaryl/α,β-unsaturated/α-hetero) is 1. The van der Waals surface area contributed by atoms with Crippen molar-refractivity contribution in [3.63, 3.8) is 0 Å². The van der Waals surface area contributed by atoms with E-state index < -0.39 is 5.38 Å². The van der Waals surface area contributed by atoms with Gasteiger partial charge in [-0.2, -0.15) is 0 Å². The van der Waals surface area contributed by atoms with Crippen molar-refractivity contribution >= 4 is 39.6 Å². The molecule has 14 heavy (non-hydrogen) atoms. The second kappa shape index (κ2) is 4.71. The molecule has 1 rings (SSSR count). The SMILES string of the molecule is CC(=O)C(Cl)c1ccc(C=O)c(Br)c1. The van der Waals surface area contributed by atoms with Gasteiger partial charge in [0.15, 0.2) is 12.1 Å². The van der Waals surface area contributed by atoms with Crippen LogP contribution in [0.15, 0.2) is 22.7 Å². The fourth-order valence-corrected chi connectivity index (χ4v) is 1.66. The van der Waals surface area contributed by atoms with Gasteiger partial charge in [0.2, 0.25) is 0 Å². The van der Waals surface area contributed by atoms with Crippen LogP contribution in [0, 0.1) is 0 Å². The third-order valence-corrected chi connectivity index (χ3v) is 3.05. The van der Waals surface area contributed by atoms with Gasteiger partial charge in [-0.05, 0) is 18.6 Å². The highest BCUT2D eigenvalue weighted by Gasteiger charge is 2.13. The van der Waals surface area contributed by atoms with E-state index in [0.29, 0.717) is 15.6 Å². The van der Waals surface area contributed by atoms with Crippen molar-refractivity contribution in [2.24, 2.45) is 0 Å². The Morgan fingerprint density at radius 2 is 2.21 bits per heavy atom. The summed E-state index contributed by atoms with van der Waals surface area (Å²) in [5.74, 6) is -0.114. The molecule has 0 spiro atoms. The van der Waals surface area contributed by atoms with Crippen molar-refractivity contribution in [1.82, 2.24) is 0 Å². The van der Waals surface area contributed by atoms with Gasteiger partial charge in [-0.15, -0.1) is 11.6 Å². The molecule has 0 fully saturated rings. The fourth-order valence-electron chi connectivity index (χ4n) is 1.03. The van der Waals surface area contributed by atoms with Crippen molar-refractivity contribution in [3.05, 3.63) is 33.8 Å². The number of halogens is 2. The third kappa shape index (κ3) is 2.42. The molecule has 0 radical (unpaired) electrons. The lowest BCUT2D eigenvalue weighted by molar-refractivity contribution is -0.116. The predicted molar refractivity (Wildman–Crippen MR) is 58.8 cm³/mol. The normalized spacial score (nSPS) is 12.2. The molecule has 0 saturated carbocycles. The van der Waals surface area contributed by atoms with Crippen molar-refractivity contribution in [1.29, 1.82) is 0 Å². The summed E-state index contributed by atoms with van der Waals surface area (Å²) >= 11 is 9.07. The smallest absolute Gasteiger partial charge is 0.152 e. The maximum Gasteiger partial charge on any atom is 0.152 e. The zero-order chi connectivity index (χ0) is 10.7. The van der Waals surface area contributed by atoms with Gasteiger partial charge in [0, 0.05) is 10.0 Å². The van der Waals surface area contributed by atoms with Crippen LogP contribution >= 0.6 is 27.5 Å². The molecule has 0 saturated heterocycles. The largest absolute Gasteiger partial charge is 0.298 e. The first kappa shape index (κ1) is 11.4. The average molecular weight is 276 g/mol. The van der Waals surface area contributed by atoms with E-state index >= 15 is 0 Å². The second-order valence-corrected chi connectivity index (χ2v) is 4.16. The predicted octanol–water partition coefficient (Wildman–Crippen LogP) is 3.13. The molecule has 2 nitrogen and oxygen atoms in total. The summed E-state index contributed by atoms with van der Waals surface area (Å²) in [5, 5.41) is -0.646. The van der Waals surface area contributed by atoms with Gasteiger partial charge in [0.25, 0.3) is 0 Å². The van der Waals surface area contributed by atoms with Gasteiger partial charge in [0.05, 0.1) is 0 Å². The van der Waals surface area contributed by atoms with E-state index in [-0.39, 0.29) is 5.78 Å². The molecule has 0 aliphatic rings. The molecule has 0 N–H and O–H groups in total. The van der Waals surface area contributed by atoms with E-state index in [1.54, 1.807) is 18.2 Å². The number of ketones is 1. The Labute approximate surface area is 95.4 Å². The quantitative estimate of drug-likeness (QED) is 0.627. The highest BCUT2D eigenvalue weighted by Crippen LogP contribution is 2.25. The molecule has 74 valence electrons. The van der Waals surface area contributed by atoms with Crippen molar-refractivity contribution in [2.75, 3.05) is 0 Å². The molecule has 0 heterocycles. The van der Waals surface area contributed by atoms with Gasteiger partial charge in [-0.1, -0.05) is 28.1 Å². The van der Waals surface area contributed by atoms with Gasteiger partial charge >= 0.3 is 0 Å². The van der Waals surface area contributed by atoms with Crippen molar-refractivity contribution in [2.45, 2.75) is 12.3 Å². The van der Waals surface area contributed by atoms with Crippen LogP contribution in [0.4, 0.5) is 0 Å². The molecule has 1 unspecified atom stereocenters. The van der Waals surface area contributed by atoms with E-state index in [1.165, 1.54) is 6.92 Å². The lowest BCUT2D eigenvalue weighted by Crippen LogP contribution is -2.01. The Balaban J connectivity index is 3.08. The van der Waals surface area contributed by atoms with E-state index in [9.17, 15) is 9.59 Å². The van der Waals surface area contributed by atoms with E-state index in [0.717, 1.165) is 6.29 Å². The molecule has 0 aliphatic heterocycles. The topological polar surface area (TPSA) is 34.1 Å². The molecule has 0 aromatic heterocycles. The summed E-state index contributed by atoms with van der Waals surface area (Å²) in [6.07, 6.45) is 0.741. The van der Waals surface area contributed by atoms with Gasteiger partial charge in [-0.3, -0.25) is 9.59 Å². The first-order valence-electron chi connectivity index (χ1n) is 3.95. The second-order valence-electron chi connectivity index (χ2n) is 2.87. The van der Waals surface area contributed by atoms with Gasteiger partial charge in [0.1, 0.15) is 5.38 Å². The van der Waals surface area contributed by atoms with E-state index in [2.05, 4.69) is 15.9 Å². The van der Waals surface area contributed by atoms with Crippen molar-refractivity contribution < 1.29 is 9.59 Å². The Hall–Kier alpha value is -0.670. The first-order chi connectivity index (χ1) is 6.56. The summed E-state index contributed by atoms with van der Waals surface area (Å²) in [6.45, 7) is 1.43. The average Bonchev–Trinajstić information content (AvgIpc) is 2.16. The minimum Gasteiger partial charge on any atom is -0.298 e. The highest BCUT2D eigenvalue weighted by molar-refractivity contribution is 9.10. The maximum absolute atomic E-state index is 11.0. The van der Waals surface area contributed by atoms with E-state index in [1.807, 2.05) is 0 Å². The lowest BCUT2D eigenvalue weighted by atomic mass is 10.1. The standard InChI is InChI=1S/C10H8BrClO2/c1-6(14)10(12)7-2-3-8(5-13)9(11)4-7/h2-5,10H,1H3. The minimum atomic E-state index is -0.646. The number of hydrogen-bond acceptors (Lipinski definition) is 2. The number of rotatable bonds is 3. The molecule has 0 bridgehead atoms. The zero-order valence-corrected chi connectivity index (χ0v) is 9.80. The van der Waals surface area contributed by atoms with Crippen LogP contribution in [0.3, 0.4) is 0 Å². The van der Waals surface area contributed by atoms with Crippen LogP contribution in [-0.4, -0.2) is 12.1 Å². The maximum atomic E-state index is 11.0. The first-order valence-corrected chi connectivity index (χ1v) is 5.18. The number of alkyl halides is 1. The summed E-state index contributed by atoms with van der Waals surface area (Å²) in [6, 6.07) is 4.99. The molecule has 1 aromatic rings. The number of carbonyl (C=O) groups excluding carboxylic acids is 2. The summed E-state index contributed by atoms with van der Waals surface area (Å²) in [5.41, 5.74) is 1.23. The van der Waals surface area contributed by atoms with Gasteiger partial charge < -0.3 is 0 Å². The molecule has 4 heteroatoms. The summed E-state index contributed by atoms with van der Waals surface area (Å²) in [4.78, 5) is 21.5. The van der Waals surface area contributed by atoms with Crippen LogP contribution < -0.4 is 0 Å². The Morgan fingerprint density at radius 3 is 2.64 bits per heavy atom. The zero-order valence-electron chi connectivity index (χ0n) is 7.46. The van der Waals surface area contributed by atoms with Crippen LogP contribution in [0.5, 0.6) is 0 Å². The molecule has 1 atom stereocenters. The number of benzene rings is 1. The monoisotopic (exact) mass is 274 g/mol. The minimum absolute atomic E-state index is 0.114. The van der Waals surface area contributed by atoms with Crippen LogP contribution in [0.1, 0.15) is 28.2 Å². The highest BCUT2D eigenvalue weighted by atomic mass is 79.9. The molecule has 0 aliphatic carbocycles. The Bertz CT molecular complexity index is 376. The summed E-state index contributed by atoms with van der Waals surface area (Å²) < 4.78 is 0.650. The molecule has 1 aromatic carbocycles. The van der Waals surface area contributed by atoms with Gasteiger partial charge in [-0.25, -0.2) is 0 Å². The van der Waals surface area contributed by atoms with Crippen LogP contribution in [0.2, 0.25) is 0 Å². The Morgan fingerprint density at radius 1 is 1.57 bits per heavy atom. The number of carbonyl (C=O) groups is 2. The Kier molecular flexibility index (Phi) is 3.84. The van der Waals surface area contributed by atoms with Crippen LogP contribution in [-0.2, 0) is 4.79 Å². The third-order valence-electron chi connectivity index (χ3n) is 1.80. The van der Waals surface area contributed by atoms with Crippen LogP contribution in [0.25, 0.3) is 0 Å².